The van der Waals surface area contributed by atoms with Crippen molar-refractivity contribution in [3.8, 4) is 5.75 Å². The number of benzene rings is 1. The average Bonchev–Trinajstić information content (AvgIpc) is 2.92. The monoisotopic (exact) mass is 290 g/mol. The summed E-state index contributed by atoms with van der Waals surface area (Å²) in [5, 5.41) is 15.1. The number of furan rings is 1. The van der Waals surface area contributed by atoms with Gasteiger partial charge in [-0.05, 0) is 31.2 Å². The van der Waals surface area contributed by atoms with Crippen LogP contribution in [0.4, 0.5) is 10.5 Å². The minimum atomic E-state index is -0.887. The van der Waals surface area contributed by atoms with Crippen LogP contribution in [0.3, 0.4) is 0 Å². The van der Waals surface area contributed by atoms with Gasteiger partial charge in [0.05, 0.1) is 19.3 Å². The van der Waals surface area contributed by atoms with E-state index < -0.39 is 12.1 Å². The normalized spacial score (nSPS) is 11.8. The molecule has 0 aliphatic carbocycles. The Bertz CT molecular complexity index is 609. The van der Waals surface area contributed by atoms with E-state index >= 15 is 0 Å². The zero-order valence-electron chi connectivity index (χ0n) is 11.9. The zero-order valence-corrected chi connectivity index (χ0v) is 11.9. The maximum Gasteiger partial charge on any atom is 0.319 e. The molecule has 6 heteroatoms. The van der Waals surface area contributed by atoms with Gasteiger partial charge in [-0.3, -0.25) is 0 Å². The van der Waals surface area contributed by atoms with Crippen LogP contribution in [-0.2, 0) is 0 Å². The van der Waals surface area contributed by atoms with E-state index in [2.05, 4.69) is 10.6 Å². The first-order valence-corrected chi connectivity index (χ1v) is 6.52. The quantitative estimate of drug-likeness (QED) is 0.789. The van der Waals surface area contributed by atoms with Gasteiger partial charge in [-0.2, -0.15) is 0 Å². The van der Waals surface area contributed by atoms with Gasteiger partial charge in [0.15, 0.2) is 0 Å². The smallest absolute Gasteiger partial charge is 0.319 e. The van der Waals surface area contributed by atoms with Crippen LogP contribution in [0.2, 0.25) is 0 Å². The van der Waals surface area contributed by atoms with Gasteiger partial charge < -0.3 is 24.9 Å². The molecule has 0 spiro atoms. The molecule has 1 aromatic heterocycles. The molecule has 0 aliphatic rings. The molecular formula is C15H18N2O4. The second-order valence-electron chi connectivity index (χ2n) is 4.50. The number of amides is 2. The Kier molecular flexibility index (Phi) is 4.84. The predicted octanol–water partition coefficient (Wildman–Crippen LogP) is 2.45. The van der Waals surface area contributed by atoms with Crippen LogP contribution in [0.15, 0.2) is 40.8 Å². The first kappa shape index (κ1) is 14.9. The number of nitrogens with one attached hydrogen (secondary N) is 2. The van der Waals surface area contributed by atoms with Crippen LogP contribution < -0.4 is 15.4 Å². The summed E-state index contributed by atoms with van der Waals surface area (Å²) >= 11 is 0. The van der Waals surface area contributed by atoms with Crippen molar-refractivity contribution in [3.05, 3.63) is 47.9 Å². The summed E-state index contributed by atoms with van der Waals surface area (Å²) in [4.78, 5) is 11.8. The van der Waals surface area contributed by atoms with Gasteiger partial charge in [0, 0.05) is 0 Å². The molecule has 2 rings (SSSR count). The lowest BCUT2D eigenvalue weighted by atomic mass is 10.2. The van der Waals surface area contributed by atoms with Crippen molar-refractivity contribution in [3.63, 3.8) is 0 Å². The van der Waals surface area contributed by atoms with Crippen molar-refractivity contribution < 1.29 is 19.1 Å². The van der Waals surface area contributed by atoms with Gasteiger partial charge in [-0.15, -0.1) is 0 Å². The summed E-state index contributed by atoms with van der Waals surface area (Å²) in [5.41, 5.74) is 0.556. The van der Waals surface area contributed by atoms with E-state index in [1.807, 2.05) is 6.07 Å². The number of ether oxygens (including phenoxy) is 1. The van der Waals surface area contributed by atoms with E-state index in [1.54, 1.807) is 37.3 Å². The largest absolute Gasteiger partial charge is 0.495 e. The van der Waals surface area contributed by atoms with Crippen molar-refractivity contribution in [1.29, 1.82) is 0 Å². The molecule has 0 fully saturated rings. The molecule has 0 bridgehead atoms. The second-order valence-corrected chi connectivity index (χ2v) is 4.50. The number of anilines is 1. The number of urea groups is 1. The lowest BCUT2D eigenvalue weighted by Gasteiger charge is -2.12. The summed E-state index contributed by atoms with van der Waals surface area (Å²) in [7, 11) is 1.53. The molecule has 2 aromatic rings. The topological polar surface area (TPSA) is 83.7 Å². The third-order valence-corrected chi connectivity index (χ3v) is 2.90. The number of carbonyl (C=O) groups is 1. The van der Waals surface area contributed by atoms with Crippen LogP contribution in [0.5, 0.6) is 5.75 Å². The van der Waals surface area contributed by atoms with Gasteiger partial charge in [0.1, 0.15) is 23.4 Å². The molecule has 1 atom stereocenters. The number of aliphatic hydroxyl groups is 1. The number of hydrogen-bond donors (Lipinski definition) is 3. The second kappa shape index (κ2) is 6.81. The van der Waals surface area contributed by atoms with Gasteiger partial charge in [-0.25, -0.2) is 4.79 Å². The maximum atomic E-state index is 11.8. The molecular weight excluding hydrogens is 272 g/mol. The SMILES string of the molecule is COc1ccccc1NC(=O)NCC(O)c1ccc(C)o1. The van der Waals surface area contributed by atoms with Crippen LogP contribution in [0.1, 0.15) is 17.6 Å². The fourth-order valence-electron chi connectivity index (χ4n) is 1.84. The van der Waals surface area contributed by atoms with Crippen molar-refractivity contribution in [1.82, 2.24) is 5.32 Å². The molecule has 1 aromatic carbocycles. The summed E-state index contributed by atoms with van der Waals surface area (Å²) in [6.07, 6.45) is -0.887. The third-order valence-electron chi connectivity index (χ3n) is 2.90. The maximum absolute atomic E-state index is 11.8. The van der Waals surface area contributed by atoms with Gasteiger partial charge in [0.2, 0.25) is 0 Å². The van der Waals surface area contributed by atoms with Crippen LogP contribution >= 0.6 is 0 Å². The Labute approximate surface area is 122 Å². The number of methoxy groups -OCH3 is 1. The minimum absolute atomic E-state index is 0.0495. The number of para-hydroxylation sites is 2. The Morgan fingerprint density at radius 1 is 1.33 bits per heavy atom. The fraction of sp³-hybridized carbons (Fsp3) is 0.267. The first-order valence-electron chi connectivity index (χ1n) is 6.52. The first-order chi connectivity index (χ1) is 10.1. The molecule has 0 saturated carbocycles. The van der Waals surface area contributed by atoms with Crippen molar-refractivity contribution in [2.75, 3.05) is 19.0 Å². The number of hydrogen-bond acceptors (Lipinski definition) is 4. The number of aliphatic hydroxyl groups excluding tert-OH is 1. The van der Waals surface area contributed by atoms with Crippen LogP contribution in [0, 0.1) is 6.92 Å². The number of aryl methyl sites for hydroxylation is 1. The lowest BCUT2D eigenvalue weighted by Crippen LogP contribution is -2.32. The van der Waals surface area contributed by atoms with Crippen molar-refractivity contribution in [2.45, 2.75) is 13.0 Å². The Morgan fingerprint density at radius 2 is 2.10 bits per heavy atom. The predicted molar refractivity (Wildman–Crippen MR) is 78.4 cm³/mol. The summed E-state index contributed by atoms with van der Waals surface area (Å²) < 4.78 is 10.4. The van der Waals surface area contributed by atoms with E-state index in [4.69, 9.17) is 9.15 Å². The highest BCUT2D eigenvalue weighted by atomic mass is 16.5. The van der Waals surface area contributed by atoms with E-state index in [0.29, 0.717) is 23.0 Å². The van der Waals surface area contributed by atoms with E-state index in [0.717, 1.165) is 0 Å². The molecule has 1 heterocycles. The Balaban J connectivity index is 1.87. The lowest BCUT2D eigenvalue weighted by molar-refractivity contribution is 0.148. The molecule has 3 N–H and O–H groups in total. The summed E-state index contributed by atoms with van der Waals surface area (Å²) in [5.74, 6) is 1.70. The van der Waals surface area contributed by atoms with E-state index in [9.17, 15) is 9.90 Å². The van der Waals surface area contributed by atoms with Gasteiger partial charge in [-0.1, -0.05) is 12.1 Å². The number of rotatable bonds is 5. The Hall–Kier alpha value is -2.47. The Morgan fingerprint density at radius 3 is 2.76 bits per heavy atom. The zero-order chi connectivity index (χ0) is 15.2. The van der Waals surface area contributed by atoms with Crippen LogP contribution in [0.25, 0.3) is 0 Å². The minimum Gasteiger partial charge on any atom is -0.495 e. The van der Waals surface area contributed by atoms with Crippen molar-refractivity contribution in [2.24, 2.45) is 0 Å². The molecule has 21 heavy (non-hydrogen) atoms. The molecule has 6 nitrogen and oxygen atoms in total. The molecule has 0 aliphatic heterocycles. The molecule has 0 saturated heterocycles. The average molecular weight is 290 g/mol. The molecule has 112 valence electrons. The van der Waals surface area contributed by atoms with E-state index in [-0.39, 0.29) is 6.54 Å². The third kappa shape index (κ3) is 4.00. The standard InChI is InChI=1S/C15H18N2O4/c1-10-7-8-14(21-10)12(18)9-16-15(19)17-11-5-3-4-6-13(11)20-2/h3-8,12,18H,9H2,1-2H3,(H2,16,17,19). The molecule has 2 amide bonds. The van der Waals surface area contributed by atoms with Crippen LogP contribution in [-0.4, -0.2) is 24.8 Å². The van der Waals surface area contributed by atoms with Crippen molar-refractivity contribution >= 4 is 11.7 Å². The van der Waals surface area contributed by atoms with Gasteiger partial charge in [0.25, 0.3) is 0 Å². The van der Waals surface area contributed by atoms with E-state index in [1.165, 1.54) is 7.11 Å². The number of carbonyl (C=O) groups excluding carboxylic acids is 1. The molecule has 0 radical (unpaired) electrons. The molecule has 1 unspecified atom stereocenters. The highest BCUT2D eigenvalue weighted by Gasteiger charge is 2.13. The summed E-state index contributed by atoms with van der Waals surface area (Å²) in [6.45, 7) is 1.84. The highest BCUT2D eigenvalue weighted by Crippen LogP contribution is 2.22. The fourth-order valence-corrected chi connectivity index (χ4v) is 1.84. The summed E-state index contributed by atoms with van der Waals surface area (Å²) in [6, 6.07) is 10.1. The highest BCUT2D eigenvalue weighted by molar-refractivity contribution is 5.90. The van der Waals surface area contributed by atoms with Gasteiger partial charge >= 0.3 is 6.03 Å².